The molecule has 0 saturated heterocycles. The zero-order valence-corrected chi connectivity index (χ0v) is 11.1. The van der Waals surface area contributed by atoms with Crippen LogP contribution in [0.2, 0.25) is 0 Å². The summed E-state index contributed by atoms with van der Waals surface area (Å²) in [5, 5.41) is 9.83. The molecule has 0 fully saturated rings. The van der Waals surface area contributed by atoms with Gasteiger partial charge in [0, 0.05) is 6.42 Å². The Kier molecular flexibility index (Phi) is 5.74. The van der Waals surface area contributed by atoms with Crippen molar-refractivity contribution in [3.05, 3.63) is 42.5 Å². The molecule has 6 heteroatoms. The van der Waals surface area contributed by atoms with Crippen molar-refractivity contribution >= 4 is 11.9 Å². The molecule has 0 unspecified atom stereocenters. The van der Waals surface area contributed by atoms with E-state index in [1.54, 1.807) is 18.2 Å². The summed E-state index contributed by atoms with van der Waals surface area (Å²) in [5.41, 5.74) is 2.65. The van der Waals surface area contributed by atoms with Crippen LogP contribution in [0.4, 0.5) is 0 Å². The molecule has 1 aromatic carbocycles. The van der Waals surface area contributed by atoms with E-state index in [2.05, 4.69) is 4.74 Å². The Bertz CT molecular complexity index is 486. The molecular weight excluding hydrogens is 262 g/mol. The lowest BCUT2D eigenvalue weighted by atomic mass is 9.99. The third-order valence-electron chi connectivity index (χ3n) is 2.60. The molecule has 0 bridgehead atoms. The first kappa shape index (κ1) is 15.7. The van der Waals surface area contributed by atoms with Crippen molar-refractivity contribution in [1.82, 2.24) is 0 Å². The lowest BCUT2D eigenvalue weighted by Gasteiger charge is -2.19. The second kappa shape index (κ2) is 7.30. The number of methoxy groups -OCH3 is 1. The number of benzene rings is 1. The summed E-state index contributed by atoms with van der Waals surface area (Å²) in [5.74, 6) is -1.55. The quantitative estimate of drug-likeness (QED) is 0.427. The molecule has 0 aliphatic rings. The topological polar surface area (TPSA) is 98.8 Å². The number of primary amides is 1. The first-order chi connectivity index (χ1) is 9.50. The van der Waals surface area contributed by atoms with Crippen molar-refractivity contribution in [2.75, 3.05) is 13.7 Å². The lowest BCUT2D eigenvalue weighted by molar-refractivity contribution is -0.167. The van der Waals surface area contributed by atoms with Crippen LogP contribution >= 0.6 is 0 Å². The van der Waals surface area contributed by atoms with Gasteiger partial charge < -0.3 is 20.3 Å². The standard InChI is InChI=1S/C14H17NO5/c1-19-13(17)14(18,12(15)16)9-5-6-10-20-11-7-3-2-4-8-11/h2-8,18H,9-10H2,1H3,(H2,15,16)/b6-5+/t14-/m0/s1. The minimum Gasteiger partial charge on any atom is -0.490 e. The van der Waals surface area contributed by atoms with E-state index in [0.717, 1.165) is 7.11 Å². The summed E-state index contributed by atoms with van der Waals surface area (Å²) < 4.78 is 9.72. The molecule has 0 saturated carbocycles. The molecule has 20 heavy (non-hydrogen) atoms. The number of hydrogen-bond acceptors (Lipinski definition) is 5. The van der Waals surface area contributed by atoms with Crippen LogP contribution in [0.3, 0.4) is 0 Å². The monoisotopic (exact) mass is 279 g/mol. The fourth-order valence-electron chi connectivity index (χ4n) is 1.44. The van der Waals surface area contributed by atoms with Crippen LogP contribution in [-0.2, 0) is 14.3 Å². The van der Waals surface area contributed by atoms with Gasteiger partial charge in [-0.25, -0.2) is 4.79 Å². The number of aliphatic hydroxyl groups is 1. The molecule has 1 rings (SSSR count). The minimum atomic E-state index is -2.35. The van der Waals surface area contributed by atoms with E-state index in [-0.39, 0.29) is 13.0 Å². The van der Waals surface area contributed by atoms with Gasteiger partial charge in [0.1, 0.15) is 12.4 Å². The fourth-order valence-corrected chi connectivity index (χ4v) is 1.44. The SMILES string of the molecule is COC(=O)[C@](O)(C/C=C/COc1ccccc1)C(N)=O. The Morgan fingerprint density at radius 3 is 2.50 bits per heavy atom. The van der Waals surface area contributed by atoms with Gasteiger partial charge in [-0.1, -0.05) is 30.4 Å². The molecule has 3 N–H and O–H groups in total. The molecule has 1 amide bonds. The van der Waals surface area contributed by atoms with Crippen molar-refractivity contribution < 1.29 is 24.2 Å². The summed E-state index contributed by atoms with van der Waals surface area (Å²) in [6.45, 7) is 0.236. The van der Waals surface area contributed by atoms with E-state index in [9.17, 15) is 14.7 Å². The highest BCUT2D eigenvalue weighted by molar-refractivity contribution is 6.05. The normalized spacial score (nSPS) is 13.7. The number of esters is 1. The van der Waals surface area contributed by atoms with Crippen molar-refractivity contribution in [3.63, 3.8) is 0 Å². The van der Waals surface area contributed by atoms with E-state index < -0.39 is 17.5 Å². The van der Waals surface area contributed by atoms with Gasteiger partial charge in [-0.05, 0) is 12.1 Å². The zero-order valence-electron chi connectivity index (χ0n) is 11.1. The molecule has 0 spiro atoms. The van der Waals surface area contributed by atoms with E-state index >= 15 is 0 Å². The smallest absolute Gasteiger partial charge is 0.348 e. The van der Waals surface area contributed by atoms with Crippen LogP contribution in [-0.4, -0.2) is 36.3 Å². The van der Waals surface area contributed by atoms with Gasteiger partial charge in [-0.2, -0.15) is 0 Å². The summed E-state index contributed by atoms with van der Waals surface area (Å²) >= 11 is 0. The maximum absolute atomic E-state index is 11.3. The molecule has 1 atom stereocenters. The van der Waals surface area contributed by atoms with Crippen molar-refractivity contribution in [2.24, 2.45) is 5.73 Å². The minimum absolute atomic E-state index is 0.236. The summed E-state index contributed by atoms with van der Waals surface area (Å²) in [4.78, 5) is 22.4. The highest BCUT2D eigenvalue weighted by atomic mass is 16.5. The summed E-state index contributed by atoms with van der Waals surface area (Å²) in [7, 11) is 1.07. The van der Waals surface area contributed by atoms with Crippen LogP contribution in [0, 0.1) is 0 Å². The number of hydrogen-bond donors (Lipinski definition) is 2. The van der Waals surface area contributed by atoms with Crippen LogP contribution in [0.1, 0.15) is 6.42 Å². The number of nitrogens with two attached hydrogens (primary N) is 1. The number of carbonyl (C=O) groups is 2. The molecule has 6 nitrogen and oxygen atoms in total. The molecule has 0 aliphatic heterocycles. The molecular formula is C14H17NO5. The average molecular weight is 279 g/mol. The van der Waals surface area contributed by atoms with E-state index in [1.165, 1.54) is 6.08 Å². The molecule has 0 heterocycles. The van der Waals surface area contributed by atoms with Crippen LogP contribution in [0.25, 0.3) is 0 Å². The Labute approximate surface area is 116 Å². The number of amides is 1. The van der Waals surface area contributed by atoms with Gasteiger partial charge in [0.15, 0.2) is 0 Å². The summed E-state index contributed by atoms with van der Waals surface area (Å²) in [6, 6.07) is 9.13. The van der Waals surface area contributed by atoms with Gasteiger partial charge in [0.2, 0.25) is 5.60 Å². The van der Waals surface area contributed by atoms with Crippen molar-refractivity contribution in [2.45, 2.75) is 12.0 Å². The number of para-hydroxylation sites is 1. The zero-order chi connectivity index (χ0) is 15.0. The predicted molar refractivity (Wildman–Crippen MR) is 71.9 cm³/mol. The Balaban J connectivity index is 2.50. The molecule has 108 valence electrons. The van der Waals surface area contributed by atoms with Gasteiger partial charge >= 0.3 is 5.97 Å². The third kappa shape index (κ3) is 4.10. The van der Waals surface area contributed by atoms with E-state index in [0.29, 0.717) is 5.75 Å². The van der Waals surface area contributed by atoms with Gasteiger partial charge in [0.25, 0.3) is 5.91 Å². The maximum atomic E-state index is 11.3. The second-order valence-corrected chi connectivity index (χ2v) is 4.02. The van der Waals surface area contributed by atoms with Crippen molar-refractivity contribution in [3.8, 4) is 5.75 Å². The third-order valence-corrected chi connectivity index (χ3v) is 2.60. The summed E-state index contributed by atoms with van der Waals surface area (Å²) in [6.07, 6.45) is 2.74. The maximum Gasteiger partial charge on any atom is 0.348 e. The Morgan fingerprint density at radius 1 is 1.30 bits per heavy atom. The Hall–Kier alpha value is -2.34. The number of ether oxygens (including phenoxy) is 2. The van der Waals surface area contributed by atoms with Crippen molar-refractivity contribution in [1.29, 1.82) is 0 Å². The average Bonchev–Trinajstić information content (AvgIpc) is 2.46. The predicted octanol–water partition coefficient (Wildman–Crippen LogP) is 0.401. The highest BCUT2D eigenvalue weighted by Gasteiger charge is 2.42. The molecule has 0 aliphatic carbocycles. The van der Waals surface area contributed by atoms with Crippen LogP contribution < -0.4 is 10.5 Å². The van der Waals surface area contributed by atoms with E-state index in [4.69, 9.17) is 10.5 Å². The first-order valence-electron chi connectivity index (χ1n) is 5.94. The van der Waals surface area contributed by atoms with Gasteiger partial charge in [0.05, 0.1) is 7.11 Å². The molecule has 0 aromatic heterocycles. The van der Waals surface area contributed by atoms with E-state index in [1.807, 2.05) is 18.2 Å². The lowest BCUT2D eigenvalue weighted by Crippen LogP contribution is -2.51. The largest absolute Gasteiger partial charge is 0.490 e. The van der Waals surface area contributed by atoms with Crippen LogP contribution in [0.15, 0.2) is 42.5 Å². The van der Waals surface area contributed by atoms with Crippen LogP contribution in [0.5, 0.6) is 5.75 Å². The van der Waals surface area contributed by atoms with Gasteiger partial charge in [-0.3, -0.25) is 4.79 Å². The number of rotatable bonds is 7. The van der Waals surface area contributed by atoms with Gasteiger partial charge in [-0.15, -0.1) is 0 Å². The highest BCUT2D eigenvalue weighted by Crippen LogP contribution is 2.13. The molecule has 0 radical (unpaired) electrons. The molecule has 1 aromatic rings. The second-order valence-electron chi connectivity index (χ2n) is 4.02. The number of carbonyl (C=O) groups excluding carboxylic acids is 2. The Morgan fingerprint density at radius 2 is 1.95 bits per heavy atom. The first-order valence-corrected chi connectivity index (χ1v) is 5.94. The fraction of sp³-hybridized carbons (Fsp3) is 0.286.